The van der Waals surface area contributed by atoms with E-state index in [2.05, 4.69) is 17.4 Å². The fraction of sp³-hybridized carbons (Fsp3) is 0.412. The number of benzene rings is 1. The van der Waals surface area contributed by atoms with Crippen LogP contribution in [0, 0.1) is 0 Å². The summed E-state index contributed by atoms with van der Waals surface area (Å²) in [4.78, 5) is 26.4. The highest BCUT2D eigenvalue weighted by Crippen LogP contribution is 2.31. The molecule has 4 heteroatoms. The first-order valence-electron chi connectivity index (χ1n) is 7.43. The van der Waals surface area contributed by atoms with Crippen LogP contribution in [0.1, 0.15) is 30.9 Å². The Morgan fingerprint density at radius 2 is 2.10 bits per heavy atom. The van der Waals surface area contributed by atoms with E-state index < -0.39 is 6.04 Å². The Balaban J connectivity index is 2.00. The Morgan fingerprint density at radius 1 is 1.33 bits per heavy atom. The van der Waals surface area contributed by atoms with Crippen molar-refractivity contribution in [2.45, 2.75) is 38.3 Å². The molecule has 0 fully saturated rings. The fourth-order valence-corrected chi connectivity index (χ4v) is 3.16. The lowest BCUT2D eigenvalue weighted by Gasteiger charge is -2.32. The van der Waals surface area contributed by atoms with Crippen LogP contribution in [0.2, 0.25) is 0 Å². The van der Waals surface area contributed by atoms with Gasteiger partial charge in [0.2, 0.25) is 11.8 Å². The molecule has 1 aromatic carbocycles. The van der Waals surface area contributed by atoms with Crippen molar-refractivity contribution in [1.82, 2.24) is 10.2 Å². The van der Waals surface area contributed by atoms with Crippen LogP contribution in [0.5, 0.6) is 0 Å². The molecular formula is C17H20N2O2. The van der Waals surface area contributed by atoms with E-state index in [1.54, 1.807) is 11.0 Å². The Hall–Kier alpha value is -2.10. The third-order valence-corrected chi connectivity index (χ3v) is 4.13. The molecule has 4 nitrogen and oxygen atoms in total. The molecule has 0 aromatic heterocycles. The Labute approximate surface area is 124 Å². The first-order valence-corrected chi connectivity index (χ1v) is 7.43. The van der Waals surface area contributed by atoms with Gasteiger partial charge in [-0.2, -0.15) is 0 Å². The highest BCUT2D eigenvalue weighted by atomic mass is 16.2. The van der Waals surface area contributed by atoms with Crippen LogP contribution in [0.25, 0.3) is 0 Å². The molecule has 2 heterocycles. The summed E-state index contributed by atoms with van der Waals surface area (Å²) in [6, 6.07) is 7.82. The Morgan fingerprint density at radius 3 is 2.86 bits per heavy atom. The second-order valence-electron chi connectivity index (χ2n) is 6.04. The third kappa shape index (κ3) is 2.58. The molecule has 2 aliphatic rings. The molecule has 1 aromatic rings. The summed E-state index contributed by atoms with van der Waals surface area (Å²) in [5.41, 5.74) is 2.39. The van der Waals surface area contributed by atoms with Gasteiger partial charge in [-0.05, 0) is 31.1 Å². The van der Waals surface area contributed by atoms with E-state index in [1.165, 1.54) is 5.56 Å². The number of hydrogen-bond acceptors (Lipinski definition) is 2. The van der Waals surface area contributed by atoms with Crippen molar-refractivity contribution < 1.29 is 9.59 Å². The second kappa shape index (κ2) is 5.35. The predicted octanol–water partition coefficient (Wildman–Crippen LogP) is 1.62. The van der Waals surface area contributed by atoms with Crippen LogP contribution >= 0.6 is 0 Å². The fourth-order valence-electron chi connectivity index (χ4n) is 3.16. The summed E-state index contributed by atoms with van der Waals surface area (Å²) < 4.78 is 0. The van der Waals surface area contributed by atoms with E-state index in [4.69, 9.17) is 0 Å². The van der Waals surface area contributed by atoms with Gasteiger partial charge in [0.05, 0.1) is 0 Å². The van der Waals surface area contributed by atoms with Crippen molar-refractivity contribution >= 4 is 11.8 Å². The Kier molecular flexibility index (Phi) is 3.53. The minimum Gasteiger partial charge on any atom is -0.352 e. The monoisotopic (exact) mass is 284 g/mol. The van der Waals surface area contributed by atoms with E-state index in [-0.39, 0.29) is 23.8 Å². The van der Waals surface area contributed by atoms with Crippen LogP contribution in [-0.4, -0.2) is 35.3 Å². The van der Waals surface area contributed by atoms with Gasteiger partial charge in [-0.15, -0.1) is 0 Å². The predicted molar refractivity (Wildman–Crippen MR) is 80.8 cm³/mol. The van der Waals surface area contributed by atoms with Crippen LogP contribution in [0.15, 0.2) is 36.4 Å². The SMILES string of the molecule is CC(C)NC(=O)[C@@H]1Cc2ccccc2[C@H]2C=CC(=O)N1C2. The number of carbonyl (C=O) groups excluding carboxylic acids is 2. The molecular weight excluding hydrogens is 264 g/mol. The molecule has 0 aliphatic carbocycles. The van der Waals surface area contributed by atoms with Crippen molar-refractivity contribution in [3.63, 3.8) is 0 Å². The van der Waals surface area contributed by atoms with Crippen LogP contribution in [-0.2, 0) is 16.0 Å². The molecule has 110 valence electrons. The van der Waals surface area contributed by atoms with E-state index >= 15 is 0 Å². The summed E-state index contributed by atoms with van der Waals surface area (Å²) >= 11 is 0. The molecule has 2 bridgehead atoms. The summed E-state index contributed by atoms with van der Waals surface area (Å²) in [6.45, 7) is 4.45. The van der Waals surface area contributed by atoms with Crippen molar-refractivity contribution in [2.24, 2.45) is 0 Å². The number of nitrogens with zero attached hydrogens (tertiary/aromatic N) is 1. The van der Waals surface area contributed by atoms with Gasteiger partial charge >= 0.3 is 0 Å². The van der Waals surface area contributed by atoms with E-state index in [0.717, 1.165) is 5.56 Å². The number of nitrogens with one attached hydrogen (secondary N) is 1. The first-order chi connectivity index (χ1) is 10.1. The molecule has 0 saturated carbocycles. The number of amides is 2. The van der Waals surface area contributed by atoms with E-state index in [1.807, 2.05) is 32.1 Å². The van der Waals surface area contributed by atoms with Crippen LogP contribution in [0.4, 0.5) is 0 Å². The van der Waals surface area contributed by atoms with Crippen LogP contribution < -0.4 is 5.32 Å². The van der Waals surface area contributed by atoms with Gasteiger partial charge in [-0.3, -0.25) is 9.59 Å². The molecule has 1 N–H and O–H groups in total. The van der Waals surface area contributed by atoms with Gasteiger partial charge in [0.15, 0.2) is 0 Å². The number of carbonyl (C=O) groups is 2. The molecule has 0 saturated heterocycles. The molecule has 0 radical (unpaired) electrons. The third-order valence-electron chi connectivity index (χ3n) is 4.13. The number of fused-ring (bicyclic) bond motifs is 4. The highest BCUT2D eigenvalue weighted by Gasteiger charge is 2.36. The highest BCUT2D eigenvalue weighted by molar-refractivity contribution is 5.94. The largest absolute Gasteiger partial charge is 0.352 e. The zero-order valence-electron chi connectivity index (χ0n) is 12.4. The van der Waals surface area contributed by atoms with E-state index in [0.29, 0.717) is 13.0 Å². The number of hydrogen-bond donors (Lipinski definition) is 1. The van der Waals surface area contributed by atoms with Gasteiger partial charge < -0.3 is 10.2 Å². The normalized spacial score (nSPS) is 23.8. The lowest BCUT2D eigenvalue weighted by atomic mass is 9.92. The van der Waals surface area contributed by atoms with Gasteiger partial charge in [-0.25, -0.2) is 0 Å². The Bertz CT molecular complexity index is 607. The minimum atomic E-state index is -0.420. The first kappa shape index (κ1) is 13.9. The molecule has 3 rings (SSSR count). The summed E-state index contributed by atoms with van der Waals surface area (Å²) in [5.74, 6) is 0.0582. The second-order valence-corrected chi connectivity index (χ2v) is 6.04. The quantitative estimate of drug-likeness (QED) is 0.897. The summed E-state index contributed by atoms with van der Waals surface area (Å²) in [7, 11) is 0. The van der Waals surface area contributed by atoms with Crippen LogP contribution in [0.3, 0.4) is 0 Å². The van der Waals surface area contributed by atoms with Gasteiger partial charge in [0, 0.05) is 24.9 Å². The maximum atomic E-state index is 12.5. The molecule has 0 unspecified atom stereocenters. The zero-order chi connectivity index (χ0) is 15.0. The number of rotatable bonds is 2. The van der Waals surface area contributed by atoms with Crippen molar-refractivity contribution in [2.75, 3.05) is 6.54 Å². The maximum absolute atomic E-state index is 12.5. The van der Waals surface area contributed by atoms with E-state index in [9.17, 15) is 9.59 Å². The molecule has 2 atom stereocenters. The minimum absolute atomic E-state index is 0.0656. The van der Waals surface area contributed by atoms with Gasteiger partial charge in [0.25, 0.3) is 0 Å². The maximum Gasteiger partial charge on any atom is 0.246 e. The summed E-state index contributed by atoms with van der Waals surface area (Å²) in [6.07, 6.45) is 4.14. The summed E-state index contributed by atoms with van der Waals surface area (Å²) in [5, 5.41) is 2.94. The average Bonchev–Trinajstić information content (AvgIpc) is 2.58. The lowest BCUT2D eigenvalue weighted by Crippen LogP contribution is -2.52. The van der Waals surface area contributed by atoms with Crippen molar-refractivity contribution in [1.29, 1.82) is 0 Å². The lowest BCUT2D eigenvalue weighted by molar-refractivity contribution is -0.137. The standard InChI is InChI=1S/C17H20N2O2/c1-11(2)18-17(21)15-9-12-5-3-4-6-14(12)13-7-8-16(20)19(15)10-13/h3-8,11,13,15H,9-10H2,1-2H3,(H,18,21)/t13-,15-/m0/s1. The van der Waals surface area contributed by atoms with Gasteiger partial charge in [0.1, 0.15) is 6.04 Å². The van der Waals surface area contributed by atoms with Crippen molar-refractivity contribution in [3.8, 4) is 0 Å². The smallest absolute Gasteiger partial charge is 0.246 e. The molecule has 21 heavy (non-hydrogen) atoms. The average molecular weight is 284 g/mol. The molecule has 2 aliphatic heterocycles. The van der Waals surface area contributed by atoms with Gasteiger partial charge in [-0.1, -0.05) is 30.3 Å². The molecule has 2 amide bonds. The molecule has 0 spiro atoms. The van der Waals surface area contributed by atoms with Crippen molar-refractivity contribution in [3.05, 3.63) is 47.5 Å². The topological polar surface area (TPSA) is 49.4 Å². The zero-order valence-corrected chi connectivity index (χ0v) is 12.4.